The minimum Gasteiger partial charge on any atom is -0.444 e. The van der Waals surface area contributed by atoms with Crippen LogP contribution in [0.1, 0.15) is 39.4 Å². The number of hydrogen-bond donors (Lipinski definition) is 1. The predicted octanol–water partition coefficient (Wildman–Crippen LogP) is 1.97. The van der Waals surface area contributed by atoms with Gasteiger partial charge in [-0.2, -0.15) is 0 Å². The van der Waals surface area contributed by atoms with Crippen LogP contribution in [0.2, 0.25) is 0 Å². The molecule has 2 rings (SSSR count). The number of carbonyl (C=O) groups excluding carboxylic acids is 1. The van der Waals surface area contributed by atoms with Crippen molar-refractivity contribution >= 4 is 6.09 Å². The molecule has 0 aromatic carbocycles. The van der Waals surface area contributed by atoms with Crippen LogP contribution in [0.4, 0.5) is 4.79 Å². The van der Waals surface area contributed by atoms with Gasteiger partial charge in [-0.05, 0) is 33.6 Å². The third kappa shape index (κ3) is 4.47. The van der Waals surface area contributed by atoms with Gasteiger partial charge < -0.3 is 19.3 Å². The Morgan fingerprint density at radius 1 is 1.50 bits per heavy atom. The van der Waals surface area contributed by atoms with Crippen LogP contribution in [0, 0.1) is 5.92 Å². The maximum absolute atomic E-state index is 12.2. The van der Waals surface area contributed by atoms with Crippen LogP contribution in [-0.2, 0) is 18.2 Å². The van der Waals surface area contributed by atoms with E-state index in [1.807, 2.05) is 38.6 Å². The molecule has 6 nitrogen and oxygen atoms in total. The molecule has 1 aliphatic heterocycles. The van der Waals surface area contributed by atoms with Gasteiger partial charge in [-0.3, -0.25) is 0 Å². The average molecular weight is 309 g/mol. The number of ether oxygens (including phenoxy) is 1. The third-order valence-electron chi connectivity index (χ3n) is 4.01. The molecule has 1 saturated heterocycles. The van der Waals surface area contributed by atoms with E-state index >= 15 is 0 Å². The second-order valence-electron chi connectivity index (χ2n) is 7.04. The van der Waals surface area contributed by atoms with E-state index in [4.69, 9.17) is 4.74 Å². The zero-order chi connectivity index (χ0) is 16.3. The van der Waals surface area contributed by atoms with Crippen LogP contribution < -0.4 is 0 Å². The lowest BCUT2D eigenvalue weighted by Crippen LogP contribution is -2.47. The summed E-state index contributed by atoms with van der Waals surface area (Å²) < 4.78 is 7.41. The fraction of sp³-hybridized carbons (Fsp3) is 0.750. The minimum atomic E-state index is -0.490. The molecule has 124 valence electrons. The summed E-state index contributed by atoms with van der Waals surface area (Å²) in [5.41, 5.74) is -0.490. The van der Waals surface area contributed by atoms with Gasteiger partial charge in [-0.15, -0.1) is 0 Å². The molecule has 0 bridgehead atoms. The van der Waals surface area contributed by atoms with Gasteiger partial charge in [0.1, 0.15) is 11.4 Å². The van der Waals surface area contributed by atoms with E-state index in [2.05, 4.69) is 4.98 Å². The van der Waals surface area contributed by atoms with Crippen molar-refractivity contribution in [2.45, 2.75) is 51.7 Å². The first-order chi connectivity index (χ1) is 10.3. The van der Waals surface area contributed by atoms with Crippen molar-refractivity contribution < 1.29 is 14.6 Å². The Labute approximate surface area is 132 Å². The Balaban J connectivity index is 1.90. The van der Waals surface area contributed by atoms with Gasteiger partial charge in [0, 0.05) is 44.9 Å². The third-order valence-corrected chi connectivity index (χ3v) is 4.01. The van der Waals surface area contributed by atoms with Crippen molar-refractivity contribution in [1.29, 1.82) is 0 Å². The highest BCUT2D eigenvalue weighted by Crippen LogP contribution is 2.23. The second kappa shape index (κ2) is 6.69. The van der Waals surface area contributed by atoms with Gasteiger partial charge in [0.15, 0.2) is 0 Å². The van der Waals surface area contributed by atoms with E-state index in [0.717, 1.165) is 18.7 Å². The van der Waals surface area contributed by atoms with Crippen LogP contribution in [0.5, 0.6) is 0 Å². The number of piperidine rings is 1. The van der Waals surface area contributed by atoms with Crippen molar-refractivity contribution in [3.05, 3.63) is 18.2 Å². The maximum atomic E-state index is 12.2. The highest BCUT2D eigenvalue weighted by atomic mass is 16.6. The molecule has 2 unspecified atom stereocenters. The summed E-state index contributed by atoms with van der Waals surface area (Å²) in [5.74, 6) is 1.07. The van der Waals surface area contributed by atoms with E-state index in [0.29, 0.717) is 19.5 Å². The lowest BCUT2D eigenvalue weighted by molar-refractivity contribution is -0.00994. The van der Waals surface area contributed by atoms with Crippen LogP contribution in [0.3, 0.4) is 0 Å². The highest BCUT2D eigenvalue weighted by molar-refractivity contribution is 5.68. The molecular weight excluding hydrogens is 282 g/mol. The fourth-order valence-corrected chi connectivity index (χ4v) is 2.75. The predicted molar refractivity (Wildman–Crippen MR) is 83.4 cm³/mol. The molecular formula is C16H27N3O3. The Morgan fingerprint density at radius 3 is 2.82 bits per heavy atom. The smallest absolute Gasteiger partial charge is 0.410 e. The van der Waals surface area contributed by atoms with Gasteiger partial charge in [-0.1, -0.05) is 0 Å². The molecule has 22 heavy (non-hydrogen) atoms. The average Bonchev–Trinajstić information content (AvgIpc) is 2.81. The van der Waals surface area contributed by atoms with Crippen LogP contribution >= 0.6 is 0 Å². The Morgan fingerprint density at radius 2 is 2.23 bits per heavy atom. The molecule has 1 N–H and O–H groups in total. The Kier molecular flexibility index (Phi) is 5.11. The van der Waals surface area contributed by atoms with Crippen LogP contribution in [0.25, 0.3) is 0 Å². The fourth-order valence-electron chi connectivity index (χ4n) is 2.75. The van der Waals surface area contributed by atoms with E-state index in [9.17, 15) is 9.90 Å². The molecule has 0 saturated carbocycles. The number of aliphatic hydroxyl groups excluding tert-OH is 1. The van der Waals surface area contributed by atoms with Gasteiger partial charge in [0.25, 0.3) is 0 Å². The molecule has 1 aliphatic rings. The van der Waals surface area contributed by atoms with E-state index < -0.39 is 5.60 Å². The molecule has 1 aromatic heterocycles. The summed E-state index contributed by atoms with van der Waals surface area (Å²) in [6.07, 6.45) is 5.25. The molecule has 1 fully saturated rings. The molecule has 2 heterocycles. The lowest BCUT2D eigenvalue weighted by Gasteiger charge is -2.37. The number of nitrogens with zero attached hydrogens (tertiary/aromatic N) is 3. The summed E-state index contributed by atoms with van der Waals surface area (Å²) in [6.45, 7) is 6.68. The summed E-state index contributed by atoms with van der Waals surface area (Å²) in [4.78, 5) is 18.2. The van der Waals surface area contributed by atoms with E-state index in [1.54, 1.807) is 11.1 Å². The lowest BCUT2D eigenvalue weighted by atomic mass is 9.90. The van der Waals surface area contributed by atoms with Crippen LogP contribution in [-0.4, -0.2) is 50.4 Å². The molecule has 0 aliphatic carbocycles. The summed E-state index contributed by atoms with van der Waals surface area (Å²) in [7, 11) is 1.96. The topological polar surface area (TPSA) is 67.6 Å². The molecule has 1 aromatic rings. The van der Waals surface area contributed by atoms with Crippen LogP contribution in [0.15, 0.2) is 12.4 Å². The Hall–Kier alpha value is -1.56. The van der Waals surface area contributed by atoms with E-state index in [-0.39, 0.29) is 18.1 Å². The van der Waals surface area contributed by atoms with Gasteiger partial charge in [-0.25, -0.2) is 9.78 Å². The standard InChI is InChI=1S/C16H27N3O3/c1-16(2,3)22-15(21)19-9-7-13(20)12(11-19)5-6-14-17-8-10-18(14)4/h8,10,12-13,20H,5-7,9,11H2,1-4H3. The first kappa shape index (κ1) is 16.8. The zero-order valence-corrected chi connectivity index (χ0v) is 14.0. The number of imidazole rings is 1. The number of rotatable bonds is 3. The number of likely N-dealkylation sites (tertiary alicyclic amines) is 1. The summed E-state index contributed by atoms with van der Waals surface area (Å²) in [6, 6.07) is 0. The number of carbonyl (C=O) groups is 1. The number of aromatic nitrogens is 2. The van der Waals surface area contributed by atoms with Crippen molar-refractivity contribution in [3.63, 3.8) is 0 Å². The number of aryl methyl sites for hydroxylation is 2. The molecule has 0 spiro atoms. The summed E-state index contributed by atoms with van der Waals surface area (Å²) in [5, 5.41) is 10.2. The zero-order valence-electron chi connectivity index (χ0n) is 14.0. The number of hydrogen-bond acceptors (Lipinski definition) is 4. The second-order valence-corrected chi connectivity index (χ2v) is 7.04. The molecule has 2 atom stereocenters. The molecule has 1 amide bonds. The molecule has 6 heteroatoms. The normalized spacial score (nSPS) is 22.7. The SMILES string of the molecule is Cn1ccnc1CCC1CN(C(=O)OC(C)(C)C)CCC1O. The van der Waals surface area contributed by atoms with Crippen molar-refractivity contribution in [2.24, 2.45) is 13.0 Å². The summed E-state index contributed by atoms with van der Waals surface area (Å²) >= 11 is 0. The number of amides is 1. The first-order valence-corrected chi connectivity index (χ1v) is 7.88. The first-order valence-electron chi connectivity index (χ1n) is 7.88. The number of aliphatic hydroxyl groups is 1. The van der Waals surface area contributed by atoms with Gasteiger partial charge in [0.05, 0.1) is 6.10 Å². The van der Waals surface area contributed by atoms with Crippen molar-refractivity contribution in [3.8, 4) is 0 Å². The minimum absolute atomic E-state index is 0.0676. The quantitative estimate of drug-likeness (QED) is 0.927. The Bertz CT molecular complexity index is 507. The monoisotopic (exact) mass is 309 g/mol. The van der Waals surface area contributed by atoms with Crippen molar-refractivity contribution in [1.82, 2.24) is 14.5 Å². The van der Waals surface area contributed by atoms with Gasteiger partial charge in [0.2, 0.25) is 0 Å². The highest BCUT2D eigenvalue weighted by Gasteiger charge is 2.32. The molecule has 0 radical (unpaired) electrons. The van der Waals surface area contributed by atoms with Crippen molar-refractivity contribution in [2.75, 3.05) is 13.1 Å². The van der Waals surface area contributed by atoms with E-state index in [1.165, 1.54) is 0 Å². The maximum Gasteiger partial charge on any atom is 0.410 e. The van der Waals surface area contributed by atoms with Gasteiger partial charge >= 0.3 is 6.09 Å². The largest absolute Gasteiger partial charge is 0.444 e.